The van der Waals surface area contributed by atoms with Gasteiger partial charge in [0.2, 0.25) is 0 Å². The van der Waals surface area contributed by atoms with Gasteiger partial charge in [0.1, 0.15) is 5.82 Å². The Hall–Kier alpha value is -1.46. The Morgan fingerprint density at radius 3 is 2.56 bits per heavy atom. The van der Waals surface area contributed by atoms with Crippen LogP contribution < -0.4 is 0 Å². The van der Waals surface area contributed by atoms with Gasteiger partial charge in [-0.1, -0.05) is 12.1 Å². The van der Waals surface area contributed by atoms with Crippen molar-refractivity contribution in [1.29, 1.82) is 0 Å². The number of benzene rings is 1. The van der Waals surface area contributed by atoms with Crippen LogP contribution >= 0.6 is 0 Å². The van der Waals surface area contributed by atoms with Crippen molar-refractivity contribution in [2.24, 2.45) is 11.8 Å². The van der Waals surface area contributed by atoms with E-state index in [1.54, 1.807) is 0 Å². The van der Waals surface area contributed by atoms with Crippen molar-refractivity contribution in [3.05, 3.63) is 35.6 Å². The molecule has 1 N–H and O–H groups in total. The van der Waals surface area contributed by atoms with Crippen LogP contribution in [0, 0.1) is 17.7 Å². The Bertz CT molecular complexity index is 569. The minimum atomic E-state index is -0.392. The molecule has 0 bridgehead atoms. The first kappa shape index (κ1) is 18.3. The Balaban J connectivity index is 1.52. The van der Waals surface area contributed by atoms with Crippen LogP contribution in [0.4, 0.5) is 4.39 Å². The average Bonchev–Trinajstić information content (AvgIpc) is 2.97. The molecule has 1 saturated carbocycles. The number of aliphatic hydroxyl groups is 1. The zero-order valence-electron chi connectivity index (χ0n) is 14.9. The van der Waals surface area contributed by atoms with Gasteiger partial charge in [0.15, 0.2) is 0 Å². The van der Waals surface area contributed by atoms with E-state index in [4.69, 9.17) is 4.74 Å². The number of ether oxygens (including phenoxy) is 1. The molecule has 1 heterocycles. The van der Waals surface area contributed by atoms with Crippen LogP contribution in [0.1, 0.15) is 44.1 Å². The molecule has 0 spiro atoms. The topological polar surface area (TPSA) is 49.8 Å². The first-order chi connectivity index (χ1) is 12.1. The maximum Gasteiger partial charge on any atom is 0.309 e. The maximum absolute atomic E-state index is 13.1. The van der Waals surface area contributed by atoms with Crippen LogP contribution in [-0.4, -0.2) is 48.3 Å². The number of likely N-dealkylation sites (tertiary alicyclic amines) is 1. The summed E-state index contributed by atoms with van der Waals surface area (Å²) < 4.78 is 18.2. The molecule has 3 rings (SSSR count). The molecule has 4 nitrogen and oxygen atoms in total. The van der Waals surface area contributed by atoms with Gasteiger partial charge < -0.3 is 14.7 Å². The third-order valence-electron chi connectivity index (χ3n) is 5.68. The Kier molecular flexibility index (Phi) is 6.07. The summed E-state index contributed by atoms with van der Waals surface area (Å²) in [6.07, 6.45) is 2.91. The largest absolute Gasteiger partial charge is 0.466 e. The highest BCUT2D eigenvalue weighted by molar-refractivity contribution is 5.73. The number of piperidine rings is 1. The number of nitrogens with zero attached hydrogens (tertiary/aromatic N) is 1. The fraction of sp³-hybridized carbons (Fsp3) is 0.650. The number of halogens is 1. The molecular weight excluding hydrogens is 321 g/mol. The first-order valence-electron chi connectivity index (χ1n) is 9.39. The van der Waals surface area contributed by atoms with Gasteiger partial charge in [-0.05, 0) is 75.2 Å². The molecule has 1 aromatic rings. The summed E-state index contributed by atoms with van der Waals surface area (Å²) in [5.41, 5.74) is 1.21. The summed E-state index contributed by atoms with van der Waals surface area (Å²) in [6.45, 7) is 5.00. The number of hydrogen-bond donors (Lipinski definition) is 1. The highest BCUT2D eigenvalue weighted by Crippen LogP contribution is 2.35. The van der Waals surface area contributed by atoms with Gasteiger partial charge in [0.25, 0.3) is 0 Å². The van der Waals surface area contributed by atoms with Gasteiger partial charge in [-0.2, -0.15) is 0 Å². The molecule has 0 amide bonds. The monoisotopic (exact) mass is 349 g/mol. The second kappa shape index (κ2) is 8.28. The minimum absolute atomic E-state index is 0.162. The third kappa shape index (κ3) is 4.59. The van der Waals surface area contributed by atoms with Gasteiger partial charge in [-0.25, -0.2) is 4.39 Å². The van der Waals surface area contributed by atoms with Crippen molar-refractivity contribution in [2.75, 3.05) is 26.2 Å². The second-order valence-electron chi connectivity index (χ2n) is 7.37. The molecule has 138 valence electrons. The zero-order valence-corrected chi connectivity index (χ0v) is 14.9. The van der Waals surface area contributed by atoms with Gasteiger partial charge in [-0.15, -0.1) is 0 Å². The first-order valence-corrected chi connectivity index (χ1v) is 9.39. The van der Waals surface area contributed by atoms with E-state index in [1.165, 1.54) is 17.7 Å². The van der Waals surface area contributed by atoms with Crippen molar-refractivity contribution in [1.82, 2.24) is 4.90 Å². The van der Waals surface area contributed by atoms with Crippen LogP contribution in [0.3, 0.4) is 0 Å². The highest BCUT2D eigenvalue weighted by Gasteiger charge is 2.40. The number of hydrogen-bond acceptors (Lipinski definition) is 4. The van der Waals surface area contributed by atoms with Crippen molar-refractivity contribution in [3.8, 4) is 0 Å². The van der Waals surface area contributed by atoms with E-state index in [0.29, 0.717) is 25.4 Å². The van der Waals surface area contributed by atoms with Crippen molar-refractivity contribution < 1.29 is 19.0 Å². The molecular formula is C20H28FNO3. The van der Waals surface area contributed by atoms with Crippen LogP contribution in [-0.2, 0) is 9.53 Å². The van der Waals surface area contributed by atoms with E-state index in [2.05, 4.69) is 4.90 Å². The van der Waals surface area contributed by atoms with Crippen LogP contribution in [0.2, 0.25) is 0 Å². The predicted octanol–water partition coefficient (Wildman–Crippen LogP) is 2.96. The zero-order chi connectivity index (χ0) is 17.8. The summed E-state index contributed by atoms with van der Waals surface area (Å²) in [4.78, 5) is 14.5. The summed E-state index contributed by atoms with van der Waals surface area (Å²) in [6, 6.07) is 6.84. The minimum Gasteiger partial charge on any atom is -0.466 e. The number of carbonyl (C=O) groups excluding carboxylic acids is 1. The third-order valence-corrected chi connectivity index (χ3v) is 5.68. The lowest BCUT2D eigenvalue weighted by Crippen LogP contribution is -2.38. The van der Waals surface area contributed by atoms with E-state index < -0.39 is 6.10 Å². The summed E-state index contributed by atoms with van der Waals surface area (Å²) in [7, 11) is 0. The lowest BCUT2D eigenvalue weighted by molar-refractivity contribution is -0.149. The molecule has 3 unspecified atom stereocenters. The average molecular weight is 349 g/mol. The summed E-state index contributed by atoms with van der Waals surface area (Å²) in [5.74, 6) is 0.129. The van der Waals surface area contributed by atoms with Crippen LogP contribution in [0.25, 0.3) is 0 Å². The van der Waals surface area contributed by atoms with Gasteiger partial charge in [-0.3, -0.25) is 4.79 Å². The second-order valence-corrected chi connectivity index (χ2v) is 7.37. The molecule has 1 saturated heterocycles. The molecule has 2 aliphatic rings. The Morgan fingerprint density at radius 2 is 1.92 bits per heavy atom. The number of carbonyl (C=O) groups is 1. The van der Waals surface area contributed by atoms with Gasteiger partial charge in [0, 0.05) is 6.54 Å². The fourth-order valence-electron chi connectivity index (χ4n) is 4.35. The number of esters is 1. The lowest BCUT2D eigenvalue weighted by Gasteiger charge is -2.34. The highest BCUT2D eigenvalue weighted by atomic mass is 19.1. The van der Waals surface area contributed by atoms with E-state index in [1.807, 2.05) is 19.1 Å². The molecule has 0 aromatic heterocycles. The molecule has 5 heteroatoms. The van der Waals surface area contributed by atoms with Crippen molar-refractivity contribution >= 4 is 5.97 Å². The van der Waals surface area contributed by atoms with Crippen LogP contribution in [0.15, 0.2) is 24.3 Å². The molecule has 1 aliphatic carbocycles. The lowest BCUT2D eigenvalue weighted by atomic mass is 9.88. The van der Waals surface area contributed by atoms with Gasteiger partial charge in [0.05, 0.1) is 18.6 Å². The Labute approximate surface area is 149 Å². The maximum atomic E-state index is 13.1. The molecule has 1 aliphatic heterocycles. The Morgan fingerprint density at radius 1 is 1.24 bits per heavy atom. The summed E-state index contributed by atoms with van der Waals surface area (Å²) in [5, 5.41) is 9.97. The normalized spacial score (nSPS) is 28.2. The molecule has 25 heavy (non-hydrogen) atoms. The SMILES string of the molecule is CCOC(=O)C1CC(O)CC1CN1CCC(c2ccc(F)cc2)CC1. The molecule has 3 atom stereocenters. The van der Waals surface area contributed by atoms with Crippen molar-refractivity contribution in [2.45, 2.75) is 44.6 Å². The smallest absolute Gasteiger partial charge is 0.309 e. The molecule has 2 fully saturated rings. The van der Waals surface area contributed by atoms with E-state index in [9.17, 15) is 14.3 Å². The predicted molar refractivity (Wildman–Crippen MR) is 93.7 cm³/mol. The van der Waals surface area contributed by atoms with E-state index in [-0.39, 0.29) is 23.6 Å². The molecule has 0 radical (unpaired) electrons. The fourth-order valence-corrected chi connectivity index (χ4v) is 4.35. The van der Waals surface area contributed by atoms with Crippen LogP contribution in [0.5, 0.6) is 0 Å². The quantitative estimate of drug-likeness (QED) is 0.831. The standard InChI is InChI=1S/C20H28FNO3/c1-2-25-20(24)19-12-18(23)11-16(19)13-22-9-7-15(8-10-22)14-3-5-17(21)6-4-14/h3-6,15-16,18-19,23H,2,7-13H2,1H3. The number of aliphatic hydroxyl groups excluding tert-OH is 1. The summed E-state index contributed by atoms with van der Waals surface area (Å²) >= 11 is 0. The van der Waals surface area contributed by atoms with Gasteiger partial charge >= 0.3 is 5.97 Å². The van der Waals surface area contributed by atoms with Crippen molar-refractivity contribution in [3.63, 3.8) is 0 Å². The molecule has 1 aromatic carbocycles. The van der Waals surface area contributed by atoms with E-state index >= 15 is 0 Å². The van der Waals surface area contributed by atoms with E-state index in [0.717, 1.165) is 32.5 Å². The number of rotatable bonds is 5.